The average Bonchev–Trinajstić information content (AvgIpc) is 2.87. The van der Waals surface area contributed by atoms with Gasteiger partial charge in [0.15, 0.2) is 9.84 Å². The van der Waals surface area contributed by atoms with Crippen LogP contribution in [-0.4, -0.2) is 49.0 Å². The Hall–Kier alpha value is -3.10. The highest BCUT2D eigenvalue weighted by Gasteiger charge is 2.26. The quantitative estimate of drug-likeness (QED) is 0.250. The van der Waals surface area contributed by atoms with E-state index in [2.05, 4.69) is 5.32 Å². The van der Waals surface area contributed by atoms with E-state index in [1.165, 1.54) is 42.5 Å². The van der Waals surface area contributed by atoms with Crippen molar-refractivity contribution in [3.8, 4) is 5.75 Å². The van der Waals surface area contributed by atoms with E-state index in [9.17, 15) is 32.8 Å². The second-order valence-electron chi connectivity index (χ2n) is 9.25. The highest BCUT2D eigenvalue weighted by atomic mass is 35.5. The molecule has 1 unspecified atom stereocenters. The molecule has 0 bridgehead atoms. The number of carboxylic acids is 1. The van der Waals surface area contributed by atoms with Gasteiger partial charge in [0.1, 0.15) is 18.9 Å². The first-order valence-electron chi connectivity index (χ1n) is 12.0. The predicted octanol–water partition coefficient (Wildman–Crippen LogP) is 5.60. The van der Waals surface area contributed by atoms with Crippen LogP contribution in [0.5, 0.6) is 5.75 Å². The highest BCUT2D eigenvalue weighted by molar-refractivity contribution is 7.90. The lowest BCUT2D eigenvalue weighted by molar-refractivity contribution is -0.139. The molecule has 3 aromatic carbocycles. The summed E-state index contributed by atoms with van der Waals surface area (Å²) in [5, 5.41) is 22.3. The second-order valence-corrected chi connectivity index (χ2v) is 15.1. The number of hydrogen-bond acceptors (Lipinski definition) is 6. The fourth-order valence-corrected chi connectivity index (χ4v) is 7.56. The summed E-state index contributed by atoms with van der Waals surface area (Å²) < 4.78 is 37.4. The van der Waals surface area contributed by atoms with E-state index in [1.54, 1.807) is 37.9 Å². The molecular formula is C28H28Cl2NO7PS. The van der Waals surface area contributed by atoms with Gasteiger partial charge in [-0.15, -0.1) is 0 Å². The third kappa shape index (κ3) is 7.55. The molecule has 0 saturated heterocycles. The van der Waals surface area contributed by atoms with Gasteiger partial charge in [-0.1, -0.05) is 54.4 Å². The van der Waals surface area contributed by atoms with Gasteiger partial charge in [-0.25, -0.2) is 13.2 Å². The number of carbonyl (C=O) groups excluding carboxylic acids is 1. The topological polar surface area (TPSA) is 138 Å². The molecule has 3 N–H and O–H groups in total. The van der Waals surface area contributed by atoms with Crippen LogP contribution < -0.4 is 10.6 Å². The molecule has 0 aliphatic heterocycles. The van der Waals surface area contributed by atoms with Gasteiger partial charge < -0.3 is 20.1 Å². The molecule has 0 aliphatic rings. The van der Waals surface area contributed by atoms with Crippen LogP contribution in [0.4, 0.5) is 0 Å². The molecule has 2 atom stereocenters. The average molecular weight is 624 g/mol. The molecule has 8 nitrogen and oxygen atoms in total. The standard InChI is InChI=1S/C28H28Cl2NO7PS/c1-4-39(36,21-9-6-8-20(32)15-21)16-17(2)19-13-23(29)26(24(30)14-19)27(33)31-25(28(34)35)12-18-7-5-10-22(11-18)40(3,37)38/h5-11,13-16,25,32H,4,12H2,1-3H3,(H,31,33)(H,34,35)/b17-16+/t25-,39?/m0/s1. The van der Waals surface area contributed by atoms with Crippen molar-refractivity contribution >= 4 is 62.9 Å². The number of rotatable bonds is 10. The summed E-state index contributed by atoms with van der Waals surface area (Å²) in [7, 11) is -6.53. The summed E-state index contributed by atoms with van der Waals surface area (Å²) in [6, 6.07) is 13.6. The Bertz CT molecular complexity index is 1630. The fourth-order valence-electron chi connectivity index (χ4n) is 4.05. The van der Waals surface area contributed by atoms with Gasteiger partial charge in [0.05, 0.1) is 20.5 Å². The number of halogens is 2. The molecule has 212 valence electrons. The van der Waals surface area contributed by atoms with Gasteiger partial charge in [-0.05, 0) is 65.8 Å². The van der Waals surface area contributed by atoms with Crippen LogP contribution >= 0.6 is 30.3 Å². The minimum absolute atomic E-state index is 0.00134. The van der Waals surface area contributed by atoms with Crippen molar-refractivity contribution in [1.29, 1.82) is 0 Å². The van der Waals surface area contributed by atoms with Gasteiger partial charge >= 0.3 is 5.97 Å². The molecule has 0 aromatic heterocycles. The van der Waals surface area contributed by atoms with E-state index in [0.717, 1.165) is 6.26 Å². The van der Waals surface area contributed by atoms with Gasteiger partial charge in [0.2, 0.25) is 0 Å². The zero-order chi connectivity index (χ0) is 29.8. The molecule has 0 aliphatic carbocycles. The number of carboxylic acid groups (broad SMARTS) is 1. The van der Waals surface area contributed by atoms with Crippen LogP contribution in [0.25, 0.3) is 5.57 Å². The van der Waals surface area contributed by atoms with Gasteiger partial charge in [0, 0.05) is 24.1 Å². The summed E-state index contributed by atoms with van der Waals surface area (Å²) in [5.74, 6) is -0.549. The Morgan fingerprint density at radius 2 is 1.68 bits per heavy atom. The molecule has 12 heteroatoms. The van der Waals surface area contributed by atoms with Gasteiger partial charge in [-0.2, -0.15) is 0 Å². The normalized spacial score (nSPS) is 14.3. The summed E-state index contributed by atoms with van der Waals surface area (Å²) >= 11 is 12.8. The van der Waals surface area contributed by atoms with Crippen LogP contribution in [0.1, 0.15) is 35.3 Å². The third-order valence-electron chi connectivity index (χ3n) is 6.23. The van der Waals surface area contributed by atoms with Crippen LogP contribution in [0.2, 0.25) is 10.0 Å². The van der Waals surface area contributed by atoms with Crippen molar-refractivity contribution in [2.45, 2.75) is 31.2 Å². The molecule has 0 radical (unpaired) electrons. The zero-order valence-corrected chi connectivity index (χ0v) is 25.1. The Morgan fingerprint density at radius 3 is 2.23 bits per heavy atom. The number of hydrogen-bond donors (Lipinski definition) is 3. The first-order valence-corrected chi connectivity index (χ1v) is 16.7. The van der Waals surface area contributed by atoms with E-state index in [-0.39, 0.29) is 32.7 Å². The molecule has 3 rings (SSSR count). The molecule has 0 heterocycles. The second kappa shape index (κ2) is 12.6. The van der Waals surface area contributed by atoms with E-state index >= 15 is 0 Å². The number of amides is 1. The monoisotopic (exact) mass is 623 g/mol. The van der Waals surface area contributed by atoms with Crippen LogP contribution in [0, 0.1) is 0 Å². The lowest BCUT2D eigenvalue weighted by atomic mass is 10.0. The molecule has 3 aromatic rings. The summed E-state index contributed by atoms with van der Waals surface area (Å²) in [5.41, 5.74) is 1.35. The summed E-state index contributed by atoms with van der Waals surface area (Å²) in [6.07, 6.45) is 1.17. The van der Waals surface area contributed by atoms with E-state index in [1.807, 2.05) is 0 Å². The van der Waals surface area contributed by atoms with E-state index in [0.29, 0.717) is 28.2 Å². The molecule has 0 spiro atoms. The number of carbonyl (C=O) groups is 2. The number of phenols is 1. The Balaban J connectivity index is 1.88. The third-order valence-corrected chi connectivity index (χ3v) is 10.8. The van der Waals surface area contributed by atoms with Crippen LogP contribution in [-0.2, 0) is 25.6 Å². The number of phenolic OH excluding ortho intramolecular Hbond substituents is 1. The highest BCUT2D eigenvalue weighted by Crippen LogP contribution is 2.48. The first-order chi connectivity index (χ1) is 18.6. The Morgan fingerprint density at radius 1 is 1.05 bits per heavy atom. The minimum Gasteiger partial charge on any atom is -0.508 e. The van der Waals surface area contributed by atoms with Crippen molar-refractivity contribution in [2.24, 2.45) is 0 Å². The van der Waals surface area contributed by atoms with Crippen molar-refractivity contribution in [2.75, 3.05) is 12.4 Å². The largest absolute Gasteiger partial charge is 0.508 e. The maximum absolute atomic E-state index is 13.7. The smallest absolute Gasteiger partial charge is 0.326 e. The molecule has 40 heavy (non-hydrogen) atoms. The summed E-state index contributed by atoms with van der Waals surface area (Å²) in [4.78, 5) is 25.0. The maximum Gasteiger partial charge on any atom is 0.326 e. The van der Waals surface area contributed by atoms with Gasteiger partial charge in [0.25, 0.3) is 5.91 Å². The number of aromatic hydroxyl groups is 1. The van der Waals surface area contributed by atoms with E-state index in [4.69, 9.17) is 23.2 Å². The van der Waals surface area contributed by atoms with Crippen molar-refractivity contribution in [3.63, 3.8) is 0 Å². The summed E-state index contributed by atoms with van der Waals surface area (Å²) in [6.45, 7) is 3.50. The minimum atomic E-state index is -3.50. The molecular weight excluding hydrogens is 596 g/mol. The number of aliphatic carboxylic acids is 1. The van der Waals surface area contributed by atoms with Crippen molar-refractivity contribution < 1.29 is 32.8 Å². The van der Waals surface area contributed by atoms with Crippen LogP contribution in [0.3, 0.4) is 0 Å². The number of benzene rings is 3. The zero-order valence-electron chi connectivity index (χ0n) is 21.9. The molecule has 0 fully saturated rings. The van der Waals surface area contributed by atoms with Crippen molar-refractivity contribution in [1.82, 2.24) is 5.32 Å². The van der Waals surface area contributed by atoms with Gasteiger partial charge in [-0.3, -0.25) is 4.79 Å². The maximum atomic E-state index is 13.7. The predicted molar refractivity (Wildman–Crippen MR) is 158 cm³/mol. The molecule has 0 saturated carbocycles. The van der Waals surface area contributed by atoms with Crippen LogP contribution in [0.15, 0.2) is 71.4 Å². The number of nitrogens with one attached hydrogen (secondary N) is 1. The number of allylic oxidation sites excluding steroid dienone is 1. The Labute approximate surface area is 242 Å². The van der Waals surface area contributed by atoms with E-state index < -0.39 is 34.9 Å². The number of sulfone groups is 1. The lowest BCUT2D eigenvalue weighted by Crippen LogP contribution is -2.42. The first kappa shape index (κ1) is 31.4. The fraction of sp³-hybridized carbons (Fsp3) is 0.214. The Kier molecular flexibility index (Phi) is 9.90. The van der Waals surface area contributed by atoms with Crippen molar-refractivity contribution in [3.05, 3.63) is 93.2 Å². The molecule has 1 amide bonds. The SMILES string of the molecule is CCP(=O)(/C=C(\C)c1cc(Cl)c(C(=O)N[C@@H](Cc2cccc(S(C)(=O)=O)c2)C(=O)O)c(Cl)c1)c1cccc(O)c1. The lowest BCUT2D eigenvalue weighted by Gasteiger charge is -2.18.